The fourth-order valence-electron chi connectivity index (χ4n) is 2.39. The zero-order chi connectivity index (χ0) is 14.8. The molecule has 1 amide bonds. The number of para-hydroxylation sites is 1. The summed E-state index contributed by atoms with van der Waals surface area (Å²) in [6, 6.07) is 11.7. The van der Waals surface area contributed by atoms with Gasteiger partial charge in [-0.25, -0.2) is 0 Å². The molecular weight excluding hydrogens is 282 g/mol. The van der Waals surface area contributed by atoms with Crippen LogP contribution in [0.2, 0.25) is 0 Å². The van der Waals surface area contributed by atoms with Gasteiger partial charge in [0.2, 0.25) is 5.91 Å². The predicted octanol–water partition coefficient (Wildman–Crippen LogP) is 3.28. The van der Waals surface area contributed by atoms with E-state index in [1.807, 2.05) is 55.6 Å². The van der Waals surface area contributed by atoms with E-state index in [2.05, 4.69) is 10.4 Å². The minimum absolute atomic E-state index is 0.0170. The maximum absolute atomic E-state index is 12.3. The highest BCUT2D eigenvalue weighted by Gasteiger charge is 2.18. The Morgan fingerprint density at radius 2 is 2.14 bits per heavy atom. The van der Waals surface area contributed by atoms with Crippen molar-refractivity contribution in [1.29, 1.82) is 0 Å². The van der Waals surface area contributed by atoms with Crippen molar-refractivity contribution in [2.45, 2.75) is 26.4 Å². The second-order valence-electron chi connectivity index (χ2n) is 5.02. The number of aryl methyl sites for hydroxylation is 1. The van der Waals surface area contributed by atoms with E-state index in [4.69, 9.17) is 0 Å². The minimum Gasteiger partial charge on any atom is -0.349 e. The first-order chi connectivity index (χ1) is 10.2. The standard InChI is InChI=1S/C16H17N3OS/c1-11-14-7-3-4-8-15(14)19(18-11)12(2)16(20)17-10-13-6-5-9-21-13/h3-9,12H,10H2,1-2H3,(H,17,20). The third-order valence-electron chi connectivity index (χ3n) is 3.56. The molecule has 0 aliphatic carbocycles. The molecule has 0 spiro atoms. The maximum Gasteiger partial charge on any atom is 0.244 e. The summed E-state index contributed by atoms with van der Waals surface area (Å²) in [6.07, 6.45) is 0. The lowest BCUT2D eigenvalue weighted by Gasteiger charge is -2.13. The summed E-state index contributed by atoms with van der Waals surface area (Å²) in [4.78, 5) is 13.5. The second kappa shape index (κ2) is 5.69. The highest BCUT2D eigenvalue weighted by atomic mass is 32.1. The van der Waals surface area contributed by atoms with E-state index < -0.39 is 0 Å². The fourth-order valence-corrected chi connectivity index (χ4v) is 3.03. The Balaban J connectivity index is 1.80. The molecule has 2 aromatic heterocycles. The summed E-state index contributed by atoms with van der Waals surface area (Å²) in [7, 11) is 0. The van der Waals surface area contributed by atoms with Crippen molar-refractivity contribution in [1.82, 2.24) is 15.1 Å². The third kappa shape index (κ3) is 2.69. The van der Waals surface area contributed by atoms with Gasteiger partial charge in [0.25, 0.3) is 0 Å². The smallest absolute Gasteiger partial charge is 0.244 e. The van der Waals surface area contributed by atoms with Crippen molar-refractivity contribution in [2.75, 3.05) is 0 Å². The Morgan fingerprint density at radius 1 is 1.33 bits per heavy atom. The molecule has 2 heterocycles. The predicted molar refractivity (Wildman–Crippen MR) is 85.3 cm³/mol. The number of carbonyl (C=O) groups excluding carboxylic acids is 1. The Labute approximate surface area is 127 Å². The van der Waals surface area contributed by atoms with Crippen LogP contribution < -0.4 is 5.32 Å². The van der Waals surface area contributed by atoms with Gasteiger partial charge >= 0.3 is 0 Å². The number of thiophene rings is 1. The van der Waals surface area contributed by atoms with Crippen LogP contribution in [0.15, 0.2) is 41.8 Å². The van der Waals surface area contributed by atoms with Crippen LogP contribution in [0.25, 0.3) is 10.9 Å². The first kappa shape index (κ1) is 13.8. The molecular formula is C16H17N3OS. The zero-order valence-corrected chi connectivity index (χ0v) is 12.9. The molecule has 0 fully saturated rings. The first-order valence-corrected chi connectivity index (χ1v) is 7.78. The molecule has 0 saturated heterocycles. The van der Waals surface area contributed by atoms with E-state index in [9.17, 15) is 4.79 Å². The topological polar surface area (TPSA) is 46.9 Å². The van der Waals surface area contributed by atoms with Gasteiger partial charge in [0, 0.05) is 10.3 Å². The van der Waals surface area contributed by atoms with Crippen LogP contribution in [0.4, 0.5) is 0 Å². The van der Waals surface area contributed by atoms with Gasteiger partial charge in [0.1, 0.15) is 6.04 Å². The molecule has 108 valence electrons. The summed E-state index contributed by atoms with van der Waals surface area (Å²) >= 11 is 1.64. The number of rotatable bonds is 4. The second-order valence-corrected chi connectivity index (χ2v) is 6.05. The van der Waals surface area contributed by atoms with Gasteiger partial charge in [0.15, 0.2) is 0 Å². The van der Waals surface area contributed by atoms with E-state index in [1.54, 1.807) is 16.0 Å². The molecule has 0 aliphatic heterocycles. The van der Waals surface area contributed by atoms with Crippen molar-refractivity contribution in [3.8, 4) is 0 Å². The van der Waals surface area contributed by atoms with Gasteiger partial charge in [-0.1, -0.05) is 24.3 Å². The van der Waals surface area contributed by atoms with Crippen LogP contribution in [0, 0.1) is 6.92 Å². The molecule has 0 radical (unpaired) electrons. The number of fused-ring (bicyclic) bond motifs is 1. The van der Waals surface area contributed by atoms with Crippen LogP contribution >= 0.6 is 11.3 Å². The van der Waals surface area contributed by atoms with Crippen molar-refractivity contribution in [3.63, 3.8) is 0 Å². The third-order valence-corrected chi connectivity index (χ3v) is 4.44. The van der Waals surface area contributed by atoms with Crippen molar-refractivity contribution < 1.29 is 4.79 Å². The number of hydrogen-bond donors (Lipinski definition) is 1. The summed E-state index contributed by atoms with van der Waals surface area (Å²) in [5.41, 5.74) is 1.94. The SMILES string of the molecule is Cc1nn(C(C)C(=O)NCc2cccs2)c2ccccc12. The minimum atomic E-state index is -0.330. The van der Waals surface area contributed by atoms with Crippen molar-refractivity contribution in [2.24, 2.45) is 0 Å². The highest BCUT2D eigenvalue weighted by Crippen LogP contribution is 2.21. The number of benzene rings is 1. The average molecular weight is 299 g/mol. The van der Waals surface area contributed by atoms with E-state index in [0.717, 1.165) is 21.5 Å². The lowest BCUT2D eigenvalue weighted by Crippen LogP contribution is -2.30. The lowest BCUT2D eigenvalue weighted by molar-refractivity contribution is -0.124. The number of carbonyl (C=O) groups is 1. The van der Waals surface area contributed by atoms with Crippen LogP contribution in [0.3, 0.4) is 0 Å². The van der Waals surface area contributed by atoms with Gasteiger partial charge in [0.05, 0.1) is 17.8 Å². The Hall–Kier alpha value is -2.14. The van der Waals surface area contributed by atoms with Crippen LogP contribution in [-0.2, 0) is 11.3 Å². The van der Waals surface area contributed by atoms with Crippen LogP contribution in [-0.4, -0.2) is 15.7 Å². The average Bonchev–Trinajstić information content (AvgIpc) is 3.13. The Bertz CT molecular complexity index is 761. The summed E-state index contributed by atoms with van der Waals surface area (Å²) in [5.74, 6) is -0.0170. The molecule has 1 aromatic carbocycles. The van der Waals surface area contributed by atoms with Gasteiger partial charge in [-0.05, 0) is 31.4 Å². The fraction of sp³-hybridized carbons (Fsp3) is 0.250. The Morgan fingerprint density at radius 3 is 2.90 bits per heavy atom. The van der Waals surface area contributed by atoms with E-state index in [-0.39, 0.29) is 11.9 Å². The Kier molecular flexibility index (Phi) is 3.75. The summed E-state index contributed by atoms with van der Waals surface area (Å²) in [5, 5.41) is 10.6. The monoisotopic (exact) mass is 299 g/mol. The summed E-state index contributed by atoms with van der Waals surface area (Å²) in [6.45, 7) is 4.41. The van der Waals surface area contributed by atoms with Crippen LogP contribution in [0.5, 0.6) is 0 Å². The molecule has 5 heteroatoms. The van der Waals surface area contributed by atoms with Crippen molar-refractivity contribution in [3.05, 3.63) is 52.3 Å². The lowest BCUT2D eigenvalue weighted by atomic mass is 10.2. The maximum atomic E-state index is 12.3. The molecule has 4 nitrogen and oxygen atoms in total. The molecule has 0 aliphatic rings. The number of hydrogen-bond acceptors (Lipinski definition) is 3. The van der Waals surface area contributed by atoms with E-state index in [0.29, 0.717) is 6.54 Å². The highest BCUT2D eigenvalue weighted by molar-refractivity contribution is 7.09. The van der Waals surface area contributed by atoms with Gasteiger partial charge in [-0.2, -0.15) is 5.10 Å². The van der Waals surface area contributed by atoms with Gasteiger partial charge in [-0.15, -0.1) is 11.3 Å². The molecule has 21 heavy (non-hydrogen) atoms. The number of nitrogens with one attached hydrogen (secondary N) is 1. The largest absolute Gasteiger partial charge is 0.349 e. The van der Waals surface area contributed by atoms with E-state index >= 15 is 0 Å². The van der Waals surface area contributed by atoms with Crippen LogP contribution in [0.1, 0.15) is 23.5 Å². The first-order valence-electron chi connectivity index (χ1n) is 6.91. The molecule has 1 atom stereocenters. The molecule has 3 aromatic rings. The van der Waals surface area contributed by atoms with Crippen molar-refractivity contribution >= 4 is 28.1 Å². The van der Waals surface area contributed by atoms with E-state index in [1.165, 1.54) is 0 Å². The molecule has 0 saturated carbocycles. The molecule has 1 N–H and O–H groups in total. The number of aromatic nitrogens is 2. The zero-order valence-electron chi connectivity index (χ0n) is 12.0. The summed E-state index contributed by atoms with van der Waals surface area (Å²) < 4.78 is 1.80. The molecule has 1 unspecified atom stereocenters. The molecule has 0 bridgehead atoms. The normalized spacial score (nSPS) is 12.5. The van der Waals surface area contributed by atoms with Gasteiger partial charge < -0.3 is 5.32 Å². The number of nitrogens with zero attached hydrogens (tertiary/aromatic N) is 2. The van der Waals surface area contributed by atoms with Gasteiger partial charge in [-0.3, -0.25) is 9.48 Å². The quantitative estimate of drug-likeness (QED) is 0.803. The molecule has 3 rings (SSSR count). The number of amides is 1.